The lowest BCUT2D eigenvalue weighted by Gasteiger charge is -2.22. The van der Waals surface area contributed by atoms with Crippen LogP contribution >= 0.6 is 0 Å². The molecule has 0 bridgehead atoms. The Morgan fingerprint density at radius 3 is 2.46 bits per heavy atom. The van der Waals surface area contributed by atoms with Crippen LogP contribution in [0.2, 0.25) is 0 Å². The number of carbonyl (C=O) groups excluding carboxylic acids is 1. The molecule has 0 heterocycles. The van der Waals surface area contributed by atoms with Gasteiger partial charge in [-0.15, -0.1) is 5.73 Å². The first-order chi connectivity index (χ1) is 12.7. The summed E-state index contributed by atoms with van der Waals surface area (Å²) in [5.74, 6) is 0. The van der Waals surface area contributed by atoms with Gasteiger partial charge in [-0.1, -0.05) is 63.3 Å². The second-order valence-corrected chi connectivity index (χ2v) is 5.43. The van der Waals surface area contributed by atoms with Gasteiger partial charge in [0.05, 0.1) is 12.4 Å². The number of hydrogen-bond donors (Lipinski definition) is 3. The van der Waals surface area contributed by atoms with Crippen LogP contribution in [-0.2, 0) is 4.79 Å². The Bertz CT molecular complexity index is 639. The van der Waals surface area contributed by atoms with Gasteiger partial charge in [-0.05, 0) is 18.2 Å². The standard InChI is InChI=1S/C21H30N4O/c1-4-22-18-23-20(21(17-26)24-25(5-2)6-3)16-12-8-11-15-19-13-9-7-10-14-19/h7-11,13-17,22-24H,4-6,18H2,1-3H3/b15-11+,21-20-. The van der Waals surface area contributed by atoms with E-state index >= 15 is 0 Å². The van der Waals surface area contributed by atoms with Crippen molar-refractivity contribution in [1.29, 1.82) is 0 Å². The van der Waals surface area contributed by atoms with E-state index in [0.717, 1.165) is 31.5 Å². The Kier molecular flexibility index (Phi) is 11.3. The first-order valence-electron chi connectivity index (χ1n) is 9.04. The van der Waals surface area contributed by atoms with Crippen LogP contribution in [0, 0.1) is 0 Å². The molecule has 0 fully saturated rings. The van der Waals surface area contributed by atoms with Gasteiger partial charge in [-0.2, -0.15) is 0 Å². The second-order valence-electron chi connectivity index (χ2n) is 5.43. The normalized spacial score (nSPS) is 11.7. The molecule has 5 heteroatoms. The first-order valence-corrected chi connectivity index (χ1v) is 9.04. The van der Waals surface area contributed by atoms with Gasteiger partial charge in [-0.25, -0.2) is 5.01 Å². The van der Waals surface area contributed by atoms with Crippen molar-refractivity contribution in [3.63, 3.8) is 0 Å². The molecule has 0 aliphatic rings. The summed E-state index contributed by atoms with van der Waals surface area (Å²) in [4.78, 5) is 11.5. The molecule has 5 nitrogen and oxygen atoms in total. The molecule has 140 valence electrons. The molecule has 0 atom stereocenters. The maximum absolute atomic E-state index is 11.5. The first kappa shape index (κ1) is 21.5. The van der Waals surface area contributed by atoms with Crippen molar-refractivity contribution >= 4 is 12.4 Å². The van der Waals surface area contributed by atoms with E-state index < -0.39 is 0 Å². The number of hydrazine groups is 1. The van der Waals surface area contributed by atoms with Crippen molar-refractivity contribution in [2.45, 2.75) is 20.8 Å². The van der Waals surface area contributed by atoms with Crippen molar-refractivity contribution in [3.05, 3.63) is 71.2 Å². The summed E-state index contributed by atoms with van der Waals surface area (Å²) >= 11 is 0. The van der Waals surface area contributed by atoms with Gasteiger partial charge in [0.1, 0.15) is 5.70 Å². The van der Waals surface area contributed by atoms with Gasteiger partial charge in [0.15, 0.2) is 6.29 Å². The smallest absolute Gasteiger partial charge is 0.169 e. The Labute approximate surface area is 157 Å². The Balaban J connectivity index is 2.92. The summed E-state index contributed by atoms with van der Waals surface area (Å²) in [7, 11) is 0. The third-order valence-electron chi connectivity index (χ3n) is 3.61. The van der Waals surface area contributed by atoms with Gasteiger partial charge in [0.2, 0.25) is 0 Å². The highest BCUT2D eigenvalue weighted by molar-refractivity contribution is 5.74. The van der Waals surface area contributed by atoms with Gasteiger partial charge < -0.3 is 16.1 Å². The average Bonchev–Trinajstić information content (AvgIpc) is 2.68. The third kappa shape index (κ3) is 8.49. The van der Waals surface area contributed by atoms with Gasteiger partial charge in [-0.3, -0.25) is 4.79 Å². The zero-order chi connectivity index (χ0) is 19.0. The molecule has 0 unspecified atom stereocenters. The van der Waals surface area contributed by atoms with Crippen molar-refractivity contribution in [3.8, 4) is 0 Å². The van der Waals surface area contributed by atoms with E-state index in [-0.39, 0.29) is 0 Å². The van der Waals surface area contributed by atoms with E-state index in [1.54, 1.807) is 6.08 Å². The zero-order valence-electron chi connectivity index (χ0n) is 16.0. The molecule has 0 amide bonds. The van der Waals surface area contributed by atoms with Crippen LogP contribution in [0.15, 0.2) is 65.7 Å². The molecule has 0 aromatic heterocycles. The summed E-state index contributed by atoms with van der Waals surface area (Å²) < 4.78 is 0. The minimum absolute atomic E-state index is 0.486. The molecule has 0 saturated carbocycles. The van der Waals surface area contributed by atoms with Crippen LogP contribution in [0.25, 0.3) is 6.08 Å². The molecular weight excluding hydrogens is 324 g/mol. The molecule has 0 aliphatic heterocycles. The fourth-order valence-corrected chi connectivity index (χ4v) is 2.12. The summed E-state index contributed by atoms with van der Waals surface area (Å²) in [6, 6.07) is 10.1. The maximum atomic E-state index is 11.5. The van der Waals surface area contributed by atoms with Gasteiger partial charge >= 0.3 is 0 Å². The fraction of sp³-hybridized carbons (Fsp3) is 0.333. The molecule has 26 heavy (non-hydrogen) atoms. The molecule has 1 aromatic carbocycles. The highest BCUT2D eigenvalue weighted by Crippen LogP contribution is 2.01. The van der Waals surface area contributed by atoms with Crippen molar-refractivity contribution < 1.29 is 4.79 Å². The van der Waals surface area contributed by atoms with E-state index in [4.69, 9.17) is 0 Å². The highest BCUT2D eigenvalue weighted by atomic mass is 16.1. The summed E-state index contributed by atoms with van der Waals surface area (Å²) in [6.45, 7) is 9.12. The van der Waals surface area contributed by atoms with Crippen LogP contribution in [0.4, 0.5) is 0 Å². The highest BCUT2D eigenvalue weighted by Gasteiger charge is 2.06. The zero-order valence-corrected chi connectivity index (χ0v) is 16.0. The van der Waals surface area contributed by atoms with E-state index in [1.165, 1.54) is 0 Å². The summed E-state index contributed by atoms with van der Waals surface area (Å²) in [5, 5.41) is 8.37. The topological polar surface area (TPSA) is 56.4 Å². The third-order valence-corrected chi connectivity index (χ3v) is 3.61. The van der Waals surface area contributed by atoms with Crippen LogP contribution < -0.4 is 16.1 Å². The largest absolute Gasteiger partial charge is 0.370 e. The Morgan fingerprint density at radius 1 is 1.12 bits per heavy atom. The quantitative estimate of drug-likeness (QED) is 0.102. The van der Waals surface area contributed by atoms with Crippen LogP contribution in [0.1, 0.15) is 26.3 Å². The van der Waals surface area contributed by atoms with Crippen molar-refractivity contribution in [2.24, 2.45) is 0 Å². The molecule has 0 radical (unpaired) electrons. The van der Waals surface area contributed by atoms with Gasteiger partial charge in [0.25, 0.3) is 0 Å². The number of benzene rings is 1. The second kappa shape index (κ2) is 13.7. The Hall–Kier alpha value is -2.59. The van der Waals surface area contributed by atoms with Crippen molar-refractivity contribution in [2.75, 3.05) is 26.3 Å². The van der Waals surface area contributed by atoms with Crippen LogP contribution in [0.5, 0.6) is 0 Å². The molecular formula is C21H30N4O. The predicted octanol–water partition coefficient (Wildman–Crippen LogP) is 2.82. The fourth-order valence-electron chi connectivity index (χ4n) is 2.12. The predicted molar refractivity (Wildman–Crippen MR) is 109 cm³/mol. The SMILES string of the molecule is CCNCN/C(C=C=C/C=C/c1ccccc1)=C(/C=O)NN(CC)CC. The van der Waals surface area contributed by atoms with Crippen LogP contribution in [0.3, 0.4) is 0 Å². The number of nitrogens with one attached hydrogen (secondary N) is 3. The number of hydrogen-bond acceptors (Lipinski definition) is 5. The molecule has 0 aliphatic carbocycles. The molecule has 1 aromatic rings. The van der Waals surface area contributed by atoms with E-state index in [2.05, 4.69) is 21.8 Å². The number of allylic oxidation sites excluding steroid dienone is 3. The lowest BCUT2D eigenvalue weighted by Crippen LogP contribution is -2.39. The van der Waals surface area contributed by atoms with E-state index in [0.29, 0.717) is 18.1 Å². The minimum atomic E-state index is 0.486. The van der Waals surface area contributed by atoms with Crippen LogP contribution in [-0.4, -0.2) is 37.6 Å². The molecule has 0 saturated heterocycles. The number of carbonyl (C=O) groups is 1. The maximum Gasteiger partial charge on any atom is 0.169 e. The molecule has 0 spiro atoms. The van der Waals surface area contributed by atoms with E-state index in [9.17, 15) is 4.79 Å². The summed E-state index contributed by atoms with van der Waals surface area (Å²) in [5.41, 5.74) is 8.56. The number of aldehydes is 1. The minimum Gasteiger partial charge on any atom is -0.370 e. The number of rotatable bonds is 12. The van der Waals surface area contributed by atoms with E-state index in [1.807, 2.05) is 74.3 Å². The molecule has 3 N–H and O–H groups in total. The monoisotopic (exact) mass is 354 g/mol. The molecule has 1 rings (SSSR count). The average molecular weight is 354 g/mol. The lowest BCUT2D eigenvalue weighted by atomic mass is 10.2. The van der Waals surface area contributed by atoms with Crippen molar-refractivity contribution in [1.82, 2.24) is 21.1 Å². The Morgan fingerprint density at radius 2 is 1.85 bits per heavy atom. The summed E-state index contributed by atoms with van der Waals surface area (Å²) in [6.07, 6.45) is 8.34. The number of nitrogens with zero attached hydrogens (tertiary/aromatic N) is 1. The lowest BCUT2D eigenvalue weighted by molar-refractivity contribution is -0.105. The van der Waals surface area contributed by atoms with Gasteiger partial charge in [0, 0.05) is 19.2 Å².